The van der Waals surface area contributed by atoms with E-state index in [4.69, 9.17) is 62.6 Å². The van der Waals surface area contributed by atoms with Crippen LogP contribution in [0.4, 0.5) is 4.79 Å². The van der Waals surface area contributed by atoms with Crippen LogP contribution >= 0.6 is 46.4 Å². The number of aromatic nitrogens is 4. The number of benzene rings is 2. The number of carbonyl (C=O) groups excluding carboxylic acids is 5. The van der Waals surface area contributed by atoms with E-state index >= 15 is 0 Å². The van der Waals surface area contributed by atoms with Crippen molar-refractivity contribution in [2.45, 2.75) is 117 Å². The van der Waals surface area contributed by atoms with E-state index in [1.165, 1.54) is 12.1 Å². The number of nitrogens with two attached hydrogens (primary N) is 2. The van der Waals surface area contributed by atoms with Gasteiger partial charge in [0.25, 0.3) is 0 Å². The minimum absolute atomic E-state index is 0.0820. The Kier molecular flexibility index (Phi) is 21.5. The number of rotatable bonds is 16. The summed E-state index contributed by atoms with van der Waals surface area (Å²) in [7, 11) is 3.73. The molecule has 5 amide bonds. The maximum absolute atomic E-state index is 12.9. The van der Waals surface area contributed by atoms with Crippen molar-refractivity contribution in [1.29, 1.82) is 0 Å². The van der Waals surface area contributed by atoms with Crippen LogP contribution in [0.15, 0.2) is 41.4 Å². The number of ether oxygens (including phenoxy) is 1. The molecule has 2 saturated heterocycles. The molecule has 6 rings (SSSR count). The third-order valence-corrected chi connectivity index (χ3v) is 14.6. The highest BCUT2D eigenvalue weighted by molar-refractivity contribution is 6.45. The van der Waals surface area contributed by atoms with Gasteiger partial charge in [0, 0.05) is 74.6 Å². The lowest BCUT2D eigenvalue weighted by Gasteiger charge is -2.32. The molecule has 2 atom stereocenters. The van der Waals surface area contributed by atoms with Crippen molar-refractivity contribution in [3.63, 3.8) is 0 Å². The van der Waals surface area contributed by atoms with E-state index in [2.05, 4.69) is 31.1 Å². The number of nitrogens with one attached hydrogen (secondary N) is 3. The summed E-state index contributed by atoms with van der Waals surface area (Å²) in [5.74, 6) is -0.677. The number of amides is 5. The second-order valence-electron chi connectivity index (χ2n) is 20.9. The molecule has 2 aliphatic heterocycles. The first kappa shape index (κ1) is 60.9. The second-order valence-corrected chi connectivity index (χ2v) is 22.5. The lowest BCUT2D eigenvalue weighted by molar-refractivity contribution is -0.134. The number of aromatic hydroxyl groups is 2. The Morgan fingerprint density at radius 1 is 0.684 bits per heavy atom. The SMILES string of the molecule is CC(C)C[C@@H](N=C(N)N)C(=O)NCC(=O)N1CCC(c2cc(-c3ccc(O)c(Cl)c3Cl)nn2C)CC1.CC(C)C[C@@H](NC(=O)OC(C)(C)C)C(=O)NCC(=O)N1CCC(c2cc(-c3ccc(O)c(Cl)c3Cl)nn2C)CC1. The molecule has 0 spiro atoms. The van der Waals surface area contributed by atoms with Crippen LogP contribution in [-0.4, -0.2) is 132 Å². The molecule has 9 N–H and O–H groups in total. The van der Waals surface area contributed by atoms with E-state index in [1.54, 1.807) is 47.4 Å². The fourth-order valence-corrected chi connectivity index (χ4v) is 9.94. The van der Waals surface area contributed by atoms with Gasteiger partial charge in [-0.1, -0.05) is 74.1 Å². The average molecular weight is 1140 g/mol. The number of piperidine rings is 2. The molecule has 2 fully saturated rings. The Bertz CT molecular complexity index is 2740. The van der Waals surface area contributed by atoms with E-state index in [0.717, 1.165) is 37.1 Å². The molecule has 0 unspecified atom stereocenters. The number of aliphatic imine (C=N–C) groups is 1. The van der Waals surface area contributed by atoms with Gasteiger partial charge < -0.3 is 52.2 Å². The molecule has 76 heavy (non-hydrogen) atoms. The van der Waals surface area contributed by atoms with E-state index in [-0.39, 0.29) is 92.0 Å². The normalized spacial score (nSPS) is 15.1. The number of halogens is 4. The van der Waals surface area contributed by atoms with Crippen LogP contribution in [0.25, 0.3) is 22.5 Å². The minimum atomic E-state index is -0.801. The van der Waals surface area contributed by atoms with E-state index < -0.39 is 29.7 Å². The van der Waals surface area contributed by atoms with Crippen LogP contribution in [0.3, 0.4) is 0 Å². The maximum atomic E-state index is 12.9. The van der Waals surface area contributed by atoms with Gasteiger partial charge in [-0.3, -0.25) is 28.5 Å². The van der Waals surface area contributed by atoms with Crippen LogP contribution < -0.4 is 27.4 Å². The first-order valence-electron chi connectivity index (χ1n) is 25.3. The summed E-state index contributed by atoms with van der Waals surface area (Å²) in [5, 5.41) is 37.4. The van der Waals surface area contributed by atoms with Crippen LogP contribution in [0.5, 0.6) is 11.5 Å². The van der Waals surface area contributed by atoms with Gasteiger partial charge >= 0.3 is 6.09 Å². The number of hydrogen-bond donors (Lipinski definition) is 7. The first-order valence-corrected chi connectivity index (χ1v) is 26.8. The fourth-order valence-electron chi connectivity index (χ4n) is 9.10. The number of carbonyl (C=O) groups is 5. The largest absolute Gasteiger partial charge is 0.506 e. The Hall–Kier alpha value is -5.96. The number of likely N-dealkylation sites (tertiary alicyclic amines) is 2. The lowest BCUT2D eigenvalue weighted by atomic mass is 9.92. The summed E-state index contributed by atoms with van der Waals surface area (Å²) in [6.45, 7) is 15.0. The lowest BCUT2D eigenvalue weighted by Crippen LogP contribution is -2.51. The Labute approximate surface area is 464 Å². The second kappa shape index (κ2) is 26.9. The summed E-state index contributed by atoms with van der Waals surface area (Å²) >= 11 is 24.8. The molecule has 2 aromatic heterocycles. The number of nitrogens with zero attached hydrogens (tertiary/aromatic N) is 7. The maximum Gasteiger partial charge on any atom is 0.408 e. The molecular weight excluding hydrogens is 1060 g/mol. The third kappa shape index (κ3) is 16.8. The molecular formula is C52H72Cl4N12O8. The summed E-state index contributed by atoms with van der Waals surface area (Å²) in [6, 6.07) is 8.75. The molecule has 4 heterocycles. The zero-order chi connectivity index (χ0) is 56.3. The molecule has 2 aliphatic rings. The summed E-state index contributed by atoms with van der Waals surface area (Å²) in [4.78, 5) is 70.7. The van der Waals surface area contributed by atoms with Crippen molar-refractivity contribution in [2.75, 3.05) is 39.3 Å². The molecule has 2 aromatic carbocycles. The molecule has 24 heteroatoms. The molecule has 20 nitrogen and oxygen atoms in total. The number of phenolic OH excluding ortho intramolecular Hbond substituents is 2. The minimum Gasteiger partial charge on any atom is -0.506 e. The Balaban J connectivity index is 0.000000282. The quantitative estimate of drug-likeness (QED) is 0.0425. The topological polar surface area (TPSA) is 278 Å². The van der Waals surface area contributed by atoms with Crippen LogP contribution in [0.2, 0.25) is 20.1 Å². The zero-order valence-corrected chi connectivity index (χ0v) is 47.6. The molecule has 0 bridgehead atoms. The summed E-state index contributed by atoms with van der Waals surface area (Å²) in [6.07, 6.45) is 3.21. The highest BCUT2D eigenvalue weighted by Gasteiger charge is 2.31. The number of alkyl carbamates (subject to hydrolysis) is 1. The third-order valence-electron chi connectivity index (χ3n) is 12.9. The molecule has 0 radical (unpaired) electrons. The highest BCUT2D eigenvalue weighted by atomic mass is 35.5. The van der Waals surface area contributed by atoms with Crippen molar-refractivity contribution < 1.29 is 38.9 Å². The van der Waals surface area contributed by atoms with Gasteiger partial charge in [-0.2, -0.15) is 10.2 Å². The van der Waals surface area contributed by atoms with Crippen LogP contribution in [-0.2, 0) is 38.0 Å². The average Bonchev–Trinajstić information content (AvgIpc) is 3.93. The number of guanidine groups is 1. The standard InChI is InChI=1S/C28H39Cl2N5O5.C24H33Cl2N7O3/c1-16(2)13-20(32-27(39)40-28(3,4)5)26(38)31-15-23(37)35-11-9-17(10-12-35)21-14-19(33-34(21)6)18-7-8-22(36)25(30)24(18)29;1-13(2)10-17(30-24(27)28)23(36)29-12-20(35)33-8-6-14(7-9-33)18-11-16(31-32(18)3)15-4-5-19(34)22(26)21(15)25/h7-8,14,16-17,20,36H,9-13,15H2,1-6H3,(H,31,38)(H,32,39);4-5,11,13-14,17,34H,6-10,12H2,1-3H3,(H,29,36)(H4,27,28,30)/t20-;17-/m11/s1. The molecule has 416 valence electrons. The van der Waals surface area contributed by atoms with Crippen LogP contribution in [0, 0.1) is 11.8 Å². The predicted octanol–water partition coefficient (Wildman–Crippen LogP) is 7.47. The van der Waals surface area contributed by atoms with Crippen LogP contribution in [0.1, 0.15) is 110 Å². The first-order chi connectivity index (χ1) is 35.6. The predicted molar refractivity (Wildman–Crippen MR) is 295 cm³/mol. The van der Waals surface area contributed by atoms with E-state index in [1.807, 2.05) is 58.6 Å². The summed E-state index contributed by atoms with van der Waals surface area (Å²) in [5.41, 5.74) is 14.8. The van der Waals surface area contributed by atoms with Gasteiger partial charge in [0.05, 0.1) is 34.5 Å². The Morgan fingerprint density at radius 2 is 1.09 bits per heavy atom. The number of hydrogen-bond acceptors (Lipinski definition) is 11. The van der Waals surface area contributed by atoms with E-state index in [0.29, 0.717) is 61.5 Å². The zero-order valence-electron chi connectivity index (χ0n) is 44.6. The molecule has 4 aromatic rings. The number of aryl methyl sites for hydroxylation is 2. The van der Waals surface area contributed by atoms with Gasteiger partial charge in [0.2, 0.25) is 23.6 Å². The van der Waals surface area contributed by atoms with Crippen molar-refractivity contribution in [1.82, 2.24) is 45.3 Å². The summed E-state index contributed by atoms with van der Waals surface area (Å²) < 4.78 is 8.90. The van der Waals surface area contributed by atoms with E-state index in [9.17, 15) is 34.2 Å². The number of phenols is 2. The fraction of sp³-hybridized carbons (Fsp3) is 0.538. The Morgan fingerprint density at radius 3 is 1.47 bits per heavy atom. The van der Waals surface area contributed by atoms with Gasteiger partial charge in [0.1, 0.15) is 39.2 Å². The molecule has 0 aliphatic carbocycles. The van der Waals surface area contributed by atoms with Gasteiger partial charge in [-0.25, -0.2) is 9.79 Å². The van der Waals surface area contributed by atoms with Crippen molar-refractivity contribution in [2.24, 2.45) is 42.4 Å². The van der Waals surface area contributed by atoms with Gasteiger partial charge in [-0.05, 0) is 108 Å². The van der Waals surface area contributed by atoms with Gasteiger partial charge in [-0.15, -0.1) is 0 Å². The van der Waals surface area contributed by atoms with Gasteiger partial charge in [0.15, 0.2) is 5.96 Å². The van der Waals surface area contributed by atoms with Crippen molar-refractivity contribution >= 4 is 82.1 Å². The highest BCUT2D eigenvalue weighted by Crippen LogP contribution is 2.41. The monoisotopic (exact) mass is 1130 g/mol. The molecule has 0 saturated carbocycles. The van der Waals surface area contributed by atoms with Crippen molar-refractivity contribution in [3.8, 4) is 34.0 Å². The van der Waals surface area contributed by atoms with Crippen molar-refractivity contribution in [3.05, 3.63) is 67.9 Å². The smallest absolute Gasteiger partial charge is 0.408 e.